The molecule has 0 aliphatic heterocycles. The van der Waals surface area contributed by atoms with Gasteiger partial charge in [0.05, 0.1) is 7.11 Å². The number of hydrogen-bond donors (Lipinski definition) is 0. The van der Waals surface area contributed by atoms with Crippen molar-refractivity contribution in [1.29, 1.82) is 0 Å². The van der Waals surface area contributed by atoms with Crippen molar-refractivity contribution in [3.8, 4) is 5.75 Å². The van der Waals surface area contributed by atoms with Crippen molar-refractivity contribution in [3.63, 3.8) is 0 Å². The van der Waals surface area contributed by atoms with Crippen molar-refractivity contribution in [3.05, 3.63) is 59.4 Å². The van der Waals surface area contributed by atoms with Crippen LogP contribution in [0.1, 0.15) is 15.9 Å². The summed E-state index contributed by atoms with van der Waals surface area (Å²) in [7, 11) is 4.76. The number of methoxy groups -OCH3 is 1. The van der Waals surface area contributed by atoms with E-state index in [1.165, 1.54) is 24.1 Å². The van der Waals surface area contributed by atoms with Gasteiger partial charge in [-0.05, 0) is 54.2 Å². The number of rotatable bonds is 4. The summed E-state index contributed by atoms with van der Waals surface area (Å²) in [5, 5.41) is -0.236. The maximum Gasteiger partial charge on any atom is 0.285 e. The van der Waals surface area contributed by atoms with Crippen molar-refractivity contribution in [2.75, 3.05) is 21.2 Å². The topological polar surface area (TPSA) is 46.6 Å². The van der Waals surface area contributed by atoms with E-state index in [0.29, 0.717) is 16.2 Å². The minimum absolute atomic E-state index is 0.162. The van der Waals surface area contributed by atoms with Gasteiger partial charge in [0, 0.05) is 30.1 Å². The molecule has 0 atom stereocenters. The molecule has 0 bridgehead atoms. The monoisotopic (exact) mass is 333 g/mol. The molecule has 0 aliphatic rings. The van der Waals surface area contributed by atoms with Crippen molar-refractivity contribution in [2.45, 2.75) is 4.90 Å². The highest BCUT2D eigenvalue weighted by atomic mass is 32.2. The SMILES string of the molecule is COc1ccc(C(=O)c2cc(F)ccc2SC(=O)N(C)C)cc1. The number of benzene rings is 2. The fraction of sp³-hybridized carbons (Fsp3) is 0.176. The van der Waals surface area contributed by atoms with Crippen LogP contribution in [0.5, 0.6) is 5.75 Å². The third-order valence-corrected chi connectivity index (χ3v) is 4.22. The molecule has 0 heterocycles. The molecular formula is C17H16FNO3S. The molecule has 2 aromatic carbocycles. The molecule has 1 amide bonds. The number of carbonyl (C=O) groups is 2. The van der Waals surface area contributed by atoms with Gasteiger partial charge in [0.1, 0.15) is 11.6 Å². The van der Waals surface area contributed by atoms with Crippen LogP contribution in [-0.2, 0) is 0 Å². The quantitative estimate of drug-likeness (QED) is 0.630. The Balaban J connectivity index is 2.37. The second-order valence-corrected chi connectivity index (χ2v) is 5.95. The van der Waals surface area contributed by atoms with Gasteiger partial charge in [-0.2, -0.15) is 0 Å². The summed E-state index contributed by atoms with van der Waals surface area (Å²) in [5.41, 5.74) is 0.561. The first-order valence-corrected chi connectivity index (χ1v) is 7.61. The highest BCUT2D eigenvalue weighted by Gasteiger charge is 2.18. The normalized spacial score (nSPS) is 10.3. The van der Waals surface area contributed by atoms with Crippen molar-refractivity contribution >= 4 is 22.8 Å². The van der Waals surface area contributed by atoms with E-state index in [-0.39, 0.29) is 16.6 Å². The third-order valence-electron chi connectivity index (χ3n) is 3.10. The zero-order chi connectivity index (χ0) is 17.0. The molecule has 0 unspecified atom stereocenters. The molecule has 0 saturated heterocycles. The Hall–Kier alpha value is -2.34. The Bertz CT molecular complexity index is 729. The average molecular weight is 333 g/mol. The average Bonchev–Trinajstić information content (AvgIpc) is 2.55. The van der Waals surface area contributed by atoms with E-state index >= 15 is 0 Å². The molecule has 2 aromatic rings. The summed E-state index contributed by atoms with van der Waals surface area (Å²) >= 11 is 0.892. The van der Waals surface area contributed by atoms with E-state index in [1.54, 1.807) is 38.4 Å². The number of carbonyl (C=O) groups excluding carboxylic acids is 2. The molecule has 4 nitrogen and oxygen atoms in total. The van der Waals surface area contributed by atoms with Gasteiger partial charge < -0.3 is 9.64 Å². The van der Waals surface area contributed by atoms with Crippen molar-refractivity contribution in [2.24, 2.45) is 0 Å². The highest BCUT2D eigenvalue weighted by molar-refractivity contribution is 8.13. The van der Waals surface area contributed by atoms with E-state index in [4.69, 9.17) is 4.74 Å². The number of ketones is 1. The zero-order valence-corrected chi connectivity index (χ0v) is 13.8. The molecular weight excluding hydrogens is 317 g/mol. The predicted molar refractivity (Wildman–Crippen MR) is 87.8 cm³/mol. The van der Waals surface area contributed by atoms with Crippen LogP contribution in [0.25, 0.3) is 0 Å². The van der Waals surface area contributed by atoms with Crippen LogP contribution in [0.4, 0.5) is 9.18 Å². The summed E-state index contributed by atoms with van der Waals surface area (Å²) in [5.74, 6) is -0.247. The van der Waals surface area contributed by atoms with Gasteiger partial charge in [-0.3, -0.25) is 9.59 Å². The molecule has 0 saturated carbocycles. The van der Waals surface area contributed by atoms with Gasteiger partial charge in [-0.1, -0.05) is 0 Å². The molecule has 2 rings (SSSR count). The van der Waals surface area contributed by atoms with Gasteiger partial charge >= 0.3 is 0 Å². The minimum Gasteiger partial charge on any atom is -0.497 e. The van der Waals surface area contributed by atoms with Crippen LogP contribution >= 0.6 is 11.8 Å². The molecule has 0 spiro atoms. The zero-order valence-electron chi connectivity index (χ0n) is 13.0. The van der Waals surface area contributed by atoms with Gasteiger partial charge in [0.25, 0.3) is 5.24 Å². The van der Waals surface area contributed by atoms with Crippen LogP contribution in [0.15, 0.2) is 47.4 Å². The summed E-state index contributed by atoms with van der Waals surface area (Å²) in [6, 6.07) is 10.4. The van der Waals surface area contributed by atoms with Crippen LogP contribution in [0.3, 0.4) is 0 Å². The van der Waals surface area contributed by atoms with Gasteiger partial charge in [0.15, 0.2) is 5.78 Å². The minimum atomic E-state index is -0.525. The number of hydrogen-bond acceptors (Lipinski definition) is 4. The summed E-state index contributed by atoms with van der Waals surface area (Å²) in [6.45, 7) is 0. The summed E-state index contributed by atoms with van der Waals surface area (Å²) in [4.78, 5) is 26.3. The Morgan fingerprint density at radius 3 is 2.30 bits per heavy atom. The Labute approximate surface area is 138 Å². The lowest BCUT2D eigenvalue weighted by Crippen LogP contribution is -2.16. The second-order valence-electron chi connectivity index (χ2n) is 4.96. The maximum absolute atomic E-state index is 13.6. The molecule has 23 heavy (non-hydrogen) atoms. The first-order chi connectivity index (χ1) is 10.9. The molecule has 0 fully saturated rings. The van der Waals surface area contributed by atoms with E-state index in [1.807, 2.05) is 0 Å². The number of nitrogens with zero attached hydrogens (tertiary/aromatic N) is 1. The fourth-order valence-corrected chi connectivity index (χ4v) is 2.62. The Kier molecular flexibility index (Phi) is 5.39. The molecule has 0 aromatic heterocycles. The predicted octanol–water partition coefficient (Wildman–Crippen LogP) is 3.84. The Morgan fingerprint density at radius 1 is 1.09 bits per heavy atom. The lowest BCUT2D eigenvalue weighted by molar-refractivity contribution is 0.103. The van der Waals surface area contributed by atoms with E-state index in [9.17, 15) is 14.0 Å². The van der Waals surface area contributed by atoms with Crippen LogP contribution in [-0.4, -0.2) is 37.1 Å². The highest BCUT2D eigenvalue weighted by Crippen LogP contribution is 2.28. The van der Waals surface area contributed by atoms with E-state index in [0.717, 1.165) is 17.8 Å². The summed E-state index contributed by atoms with van der Waals surface area (Å²) < 4.78 is 18.6. The third kappa shape index (κ3) is 4.10. The number of halogens is 1. The lowest BCUT2D eigenvalue weighted by atomic mass is 10.0. The lowest BCUT2D eigenvalue weighted by Gasteiger charge is -2.12. The first-order valence-electron chi connectivity index (χ1n) is 6.80. The molecule has 0 radical (unpaired) electrons. The summed E-state index contributed by atoms with van der Waals surface area (Å²) in [6.07, 6.45) is 0. The van der Waals surface area contributed by atoms with Gasteiger partial charge in [0.2, 0.25) is 0 Å². The number of thioether (sulfide) groups is 1. The van der Waals surface area contributed by atoms with Crippen molar-refractivity contribution < 1.29 is 18.7 Å². The molecule has 0 N–H and O–H groups in total. The van der Waals surface area contributed by atoms with Crippen LogP contribution < -0.4 is 4.74 Å². The number of ether oxygens (including phenoxy) is 1. The molecule has 120 valence electrons. The van der Waals surface area contributed by atoms with Gasteiger partial charge in [-0.15, -0.1) is 0 Å². The first kappa shape index (κ1) is 17.0. The maximum atomic E-state index is 13.6. The van der Waals surface area contributed by atoms with E-state index in [2.05, 4.69) is 0 Å². The van der Waals surface area contributed by atoms with Crippen LogP contribution in [0, 0.1) is 5.82 Å². The Morgan fingerprint density at radius 2 is 1.74 bits per heavy atom. The second kappa shape index (κ2) is 7.28. The largest absolute Gasteiger partial charge is 0.497 e. The molecule has 6 heteroatoms. The fourth-order valence-electron chi connectivity index (χ4n) is 1.85. The van der Waals surface area contributed by atoms with Crippen LogP contribution in [0.2, 0.25) is 0 Å². The molecule has 0 aliphatic carbocycles. The van der Waals surface area contributed by atoms with Gasteiger partial charge in [-0.25, -0.2) is 4.39 Å². The van der Waals surface area contributed by atoms with Crippen molar-refractivity contribution in [1.82, 2.24) is 4.90 Å². The van der Waals surface area contributed by atoms with E-state index < -0.39 is 5.82 Å². The smallest absolute Gasteiger partial charge is 0.285 e. The standard InChI is InChI=1S/C17H16FNO3S/c1-19(2)17(21)23-15-9-6-12(18)10-14(15)16(20)11-4-7-13(22-3)8-5-11/h4-10H,1-3H3. The number of amides is 1.